The van der Waals surface area contributed by atoms with E-state index in [1.54, 1.807) is 0 Å². The first kappa shape index (κ1) is 26.7. The highest BCUT2D eigenvalue weighted by Gasteiger charge is 1.95. The molecule has 0 amide bonds. The van der Waals surface area contributed by atoms with Gasteiger partial charge in [-0.15, -0.1) is 0 Å². The molecule has 0 rings (SSSR count). The molecule has 0 aromatic carbocycles. The lowest BCUT2D eigenvalue weighted by Crippen LogP contribution is -1.84. The number of rotatable bonds is 23. The molecule has 0 spiro atoms. The lowest BCUT2D eigenvalue weighted by Gasteiger charge is -2.04. The maximum absolute atomic E-state index is 3.91. The van der Waals surface area contributed by atoms with Crippen LogP contribution < -0.4 is 0 Å². The van der Waals surface area contributed by atoms with E-state index < -0.39 is 0 Å². The highest BCUT2D eigenvalue weighted by molar-refractivity contribution is 4.81. The molecule has 0 unspecified atom stereocenters. The average molecular weight is 377 g/mol. The third-order valence-corrected chi connectivity index (χ3v) is 5.66. The first-order valence-electron chi connectivity index (χ1n) is 12.6. The summed E-state index contributed by atoms with van der Waals surface area (Å²) in [7, 11) is 0. The molecule has 27 heavy (non-hydrogen) atoms. The standard InChI is InChI=1S/C27H52/c1-3-5-7-9-11-13-15-17-19-21-23-25-27-26-24-22-20-18-16-14-12-10-8-6-4-2/h7,9H,1-6,8,10-27H2. The van der Waals surface area contributed by atoms with Gasteiger partial charge < -0.3 is 0 Å². The zero-order valence-electron chi connectivity index (χ0n) is 18.8. The van der Waals surface area contributed by atoms with Crippen LogP contribution in [0.5, 0.6) is 0 Å². The van der Waals surface area contributed by atoms with Gasteiger partial charge in [0.05, 0.1) is 0 Å². The van der Waals surface area contributed by atoms with Crippen molar-refractivity contribution in [2.24, 2.45) is 0 Å². The molecular formula is C27H52. The molecule has 2 radical (unpaired) electrons. The van der Waals surface area contributed by atoms with E-state index in [1.165, 1.54) is 128 Å². The predicted molar refractivity (Wildman–Crippen MR) is 126 cm³/mol. The van der Waals surface area contributed by atoms with Crippen molar-refractivity contribution < 1.29 is 0 Å². The van der Waals surface area contributed by atoms with E-state index in [0.29, 0.717) is 0 Å². The second kappa shape index (κ2) is 25.7. The van der Waals surface area contributed by atoms with Crippen LogP contribution in [0.15, 0.2) is 12.2 Å². The smallest absolute Gasteiger partial charge is 0.0351 e. The van der Waals surface area contributed by atoms with Crippen LogP contribution in [-0.4, -0.2) is 0 Å². The third kappa shape index (κ3) is 25.7. The van der Waals surface area contributed by atoms with E-state index in [4.69, 9.17) is 0 Å². The second-order valence-corrected chi connectivity index (χ2v) is 8.47. The molecule has 0 aromatic rings. The van der Waals surface area contributed by atoms with Crippen LogP contribution in [0, 0.1) is 13.8 Å². The number of hydrogen-bond donors (Lipinski definition) is 0. The first-order valence-corrected chi connectivity index (χ1v) is 12.6. The van der Waals surface area contributed by atoms with Crippen molar-refractivity contribution >= 4 is 0 Å². The van der Waals surface area contributed by atoms with E-state index in [0.717, 1.165) is 19.3 Å². The van der Waals surface area contributed by atoms with Gasteiger partial charge in [0.25, 0.3) is 0 Å². The van der Waals surface area contributed by atoms with Crippen LogP contribution in [0.4, 0.5) is 0 Å². The summed E-state index contributed by atoms with van der Waals surface area (Å²) < 4.78 is 0. The van der Waals surface area contributed by atoms with Gasteiger partial charge in [-0.3, -0.25) is 0 Å². The van der Waals surface area contributed by atoms with Crippen LogP contribution in [0.2, 0.25) is 0 Å². The minimum absolute atomic E-state index is 1.04. The molecule has 0 aliphatic rings. The van der Waals surface area contributed by atoms with E-state index in [1.807, 2.05) is 0 Å². The predicted octanol–water partition coefficient (Wildman–Crippen LogP) is 10.2. The summed E-state index contributed by atoms with van der Waals surface area (Å²) in [5, 5.41) is 0. The Labute approximate surface area is 174 Å². The zero-order valence-corrected chi connectivity index (χ0v) is 18.8. The molecule has 160 valence electrons. The number of allylic oxidation sites excluding steroid dienone is 2. The van der Waals surface area contributed by atoms with Crippen LogP contribution in [-0.2, 0) is 0 Å². The SMILES string of the molecule is [CH2]CCC=CCCCCCCCCCCCCCCCCCCCCC[CH2]. The Bertz CT molecular complexity index is 265. The average Bonchev–Trinajstić information content (AvgIpc) is 2.68. The lowest BCUT2D eigenvalue weighted by molar-refractivity contribution is 0.522. The summed E-state index contributed by atoms with van der Waals surface area (Å²) in [5.41, 5.74) is 0. The normalized spacial score (nSPS) is 11.6. The zero-order chi connectivity index (χ0) is 19.7. The Hall–Kier alpha value is -0.260. The Kier molecular flexibility index (Phi) is 25.5. The van der Waals surface area contributed by atoms with Gasteiger partial charge in [0.15, 0.2) is 0 Å². The van der Waals surface area contributed by atoms with E-state index in [-0.39, 0.29) is 0 Å². The number of unbranched alkanes of at least 4 members (excludes halogenated alkanes) is 21. The Morgan fingerprint density at radius 2 is 0.593 bits per heavy atom. The Morgan fingerprint density at radius 3 is 0.926 bits per heavy atom. The van der Waals surface area contributed by atoms with Gasteiger partial charge in [-0.2, -0.15) is 0 Å². The molecule has 0 atom stereocenters. The van der Waals surface area contributed by atoms with Crippen LogP contribution in [0.3, 0.4) is 0 Å². The molecule has 0 heteroatoms. The molecular weight excluding hydrogens is 324 g/mol. The first-order chi connectivity index (χ1) is 13.4. The van der Waals surface area contributed by atoms with Crippen molar-refractivity contribution in [3.05, 3.63) is 26.0 Å². The van der Waals surface area contributed by atoms with Crippen molar-refractivity contribution in [1.29, 1.82) is 0 Å². The van der Waals surface area contributed by atoms with Crippen molar-refractivity contribution in [1.82, 2.24) is 0 Å². The van der Waals surface area contributed by atoms with Gasteiger partial charge >= 0.3 is 0 Å². The van der Waals surface area contributed by atoms with E-state index in [2.05, 4.69) is 26.0 Å². The molecule has 0 fully saturated rings. The fourth-order valence-corrected chi connectivity index (χ4v) is 3.80. The molecule has 0 bridgehead atoms. The van der Waals surface area contributed by atoms with E-state index in [9.17, 15) is 0 Å². The molecule has 0 aliphatic heterocycles. The summed E-state index contributed by atoms with van der Waals surface area (Å²) in [6, 6.07) is 0. The molecule has 0 saturated heterocycles. The maximum Gasteiger partial charge on any atom is -0.0351 e. The summed E-state index contributed by atoms with van der Waals surface area (Å²) in [6.45, 7) is 7.77. The van der Waals surface area contributed by atoms with Crippen LogP contribution >= 0.6 is 0 Å². The third-order valence-electron chi connectivity index (χ3n) is 5.66. The summed E-state index contributed by atoms with van der Waals surface area (Å²) in [4.78, 5) is 0. The Balaban J connectivity index is 2.99. The van der Waals surface area contributed by atoms with Crippen LogP contribution in [0.1, 0.15) is 148 Å². The minimum atomic E-state index is 1.04. The quantitative estimate of drug-likeness (QED) is 0.123. The lowest BCUT2D eigenvalue weighted by atomic mass is 10.0. The second-order valence-electron chi connectivity index (χ2n) is 8.47. The molecule has 0 N–H and O–H groups in total. The van der Waals surface area contributed by atoms with Crippen molar-refractivity contribution in [2.45, 2.75) is 148 Å². The molecule has 0 aromatic heterocycles. The molecule has 0 aliphatic carbocycles. The maximum atomic E-state index is 3.91. The minimum Gasteiger partial charge on any atom is -0.0885 e. The summed E-state index contributed by atoms with van der Waals surface area (Å²) >= 11 is 0. The van der Waals surface area contributed by atoms with Crippen LogP contribution in [0.25, 0.3) is 0 Å². The van der Waals surface area contributed by atoms with Gasteiger partial charge in [-0.25, -0.2) is 0 Å². The summed E-state index contributed by atoms with van der Waals surface area (Å²) in [5.74, 6) is 0. The largest absolute Gasteiger partial charge is 0.0885 e. The Morgan fingerprint density at radius 1 is 0.296 bits per heavy atom. The van der Waals surface area contributed by atoms with Gasteiger partial charge in [0.2, 0.25) is 0 Å². The van der Waals surface area contributed by atoms with Gasteiger partial charge in [0, 0.05) is 0 Å². The topological polar surface area (TPSA) is 0 Å². The fraction of sp³-hybridized carbons (Fsp3) is 0.852. The van der Waals surface area contributed by atoms with Gasteiger partial charge in [-0.1, -0.05) is 148 Å². The fourth-order valence-electron chi connectivity index (χ4n) is 3.80. The van der Waals surface area contributed by atoms with Crippen molar-refractivity contribution in [3.63, 3.8) is 0 Å². The number of hydrogen-bond acceptors (Lipinski definition) is 0. The van der Waals surface area contributed by atoms with Gasteiger partial charge in [-0.05, 0) is 25.7 Å². The molecule has 0 saturated carbocycles. The molecule has 0 heterocycles. The van der Waals surface area contributed by atoms with Crippen molar-refractivity contribution in [3.8, 4) is 0 Å². The highest BCUT2D eigenvalue weighted by Crippen LogP contribution is 2.15. The van der Waals surface area contributed by atoms with Gasteiger partial charge in [0.1, 0.15) is 0 Å². The highest BCUT2D eigenvalue weighted by atomic mass is 14.0. The van der Waals surface area contributed by atoms with E-state index >= 15 is 0 Å². The molecule has 0 nitrogen and oxygen atoms in total. The monoisotopic (exact) mass is 376 g/mol. The summed E-state index contributed by atoms with van der Waals surface area (Å²) in [6.07, 6.45) is 36.7. The van der Waals surface area contributed by atoms with Crippen molar-refractivity contribution in [2.75, 3.05) is 0 Å².